The molecule has 0 atom stereocenters. The van der Waals surface area contributed by atoms with Crippen molar-refractivity contribution < 1.29 is 14.6 Å². The van der Waals surface area contributed by atoms with Gasteiger partial charge in [0.2, 0.25) is 0 Å². The number of hydrogen-bond donors (Lipinski definition) is 2. The number of aryl methyl sites for hydroxylation is 1. The van der Waals surface area contributed by atoms with Crippen molar-refractivity contribution in [2.75, 3.05) is 6.61 Å². The summed E-state index contributed by atoms with van der Waals surface area (Å²) in [6.45, 7) is 4.29. The lowest BCUT2D eigenvalue weighted by atomic mass is 10.1. The smallest absolute Gasteiger partial charge is 0.335 e. The molecule has 0 fully saturated rings. The van der Waals surface area contributed by atoms with E-state index in [9.17, 15) is 4.79 Å². The van der Waals surface area contributed by atoms with Crippen LogP contribution in [0.25, 0.3) is 22.2 Å². The zero-order valence-corrected chi connectivity index (χ0v) is 13.6. The van der Waals surface area contributed by atoms with E-state index in [1.54, 1.807) is 18.2 Å². The molecule has 0 aliphatic carbocycles. The molecule has 0 saturated heterocycles. The second-order valence-corrected chi connectivity index (χ2v) is 5.73. The molecule has 2 N–H and O–H groups in total. The number of aromatic nitrogens is 1. The van der Waals surface area contributed by atoms with Crippen LogP contribution in [-0.2, 0) is 0 Å². The highest BCUT2D eigenvalue weighted by molar-refractivity contribution is 6.32. The molecule has 3 rings (SSSR count). The van der Waals surface area contributed by atoms with Crippen LogP contribution in [0, 0.1) is 6.92 Å². The van der Waals surface area contributed by atoms with Crippen LogP contribution in [0.15, 0.2) is 36.4 Å². The van der Waals surface area contributed by atoms with E-state index in [0.717, 1.165) is 27.7 Å². The average molecular weight is 330 g/mol. The van der Waals surface area contributed by atoms with E-state index in [4.69, 9.17) is 21.4 Å². The summed E-state index contributed by atoms with van der Waals surface area (Å²) in [5.74, 6) is -0.432. The van der Waals surface area contributed by atoms with Gasteiger partial charge in [0.15, 0.2) is 0 Å². The number of carboxylic acids is 1. The second kappa shape index (κ2) is 5.97. The number of rotatable bonds is 4. The summed E-state index contributed by atoms with van der Waals surface area (Å²) >= 11 is 6.17. The summed E-state index contributed by atoms with van der Waals surface area (Å²) < 4.78 is 5.62. The quantitative estimate of drug-likeness (QED) is 0.716. The van der Waals surface area contributed by atoms with Gasteiger partial charge in [0.1, 0.15) is 5.75 Å². The number of H-pyrrole nitrogens is 1. The number of hydrogen-bond acceptors (Lipinski definition) is 2. The number of aromatic carboxylic acids is 1. The predicted octanol–water partition coefficient (Wildman–Crippen LogP) is 4.89. The molecule has 0 aliphatic heterocycles. The van der Waals surface area contributed by atoms with Gasteiger partial charge >= 0.3 is 5.97 Å². The number of ether oxygens (including phenoxy) is 1. The third-order valence-corrected chi connectivity index (χ3v) is 4.13. The molecule has 5 heteroatoms. The molecular weight excluding hydrogens is 314 g/mol. The molecule has 23 heavy (non-hydrogen) atoms. The summed E-state index contributed by atoms with van der Waals surface area (Å²) in [4.78, 5) is 14.5. The minimum absolute atomic E-state index is 0.201. The summed E-state index contributed by atoms with van der Waals surface area (Å²) in [6.07, 6.45) is 0. The maximum Gasteiger partial charge on any atom is 0.335 e. The van der Waals surface area contributed by atoms with Crippen LogP contribution in [0.5, 0.6) is 5.75 Å². The van der Waals surface area contributed by atoms with Gasteiger partial charge in [0.25, 0.3) is 0 Å². The average Bonchev–Trinajstić information content (AvgIpc) is 2.90. The van der Waals surface area contributed by atoms with Crippen LogP contribution in [0.3, 0.4) is 0 Å². The molecule has 0 radical (unpaired) electrons. The highest BCUT2D eigenvalue weighted by Crippen LogP contribution is 2.34. The first-order valence-corrected chi connectivity index (χ1v) is 7.66. The Morgan fingerprint density at radius 1 is 1.26 bits per heavy atom. The Bertz CT molecular complexity index is 860. The standard InChI is InChI=1S/C18H16ClNO3/c1-3-23-17-8-11(18(21)22)4-5-13(17)16-7-12-6-10(2)14(19)9-15(12)20-16/h4-9,20H,3H2,1-2H3,(H,21,22). The van der Waals surface area contributed by atoms with Gasteiger partial charge < -0.3 is 14.8 Å². The second-order valence-electron chi connectivity index (χ2n) is 5.32. The van der Waals surface area contributed by atoms with E-state index in [-0.39, 0.29) is 5.56 Å². The number of carboxylic acid groups (broad SMARTS) is 1. The van der Waals surface area contributed by atoms with Gasteiger partial charge in [0.05, 0.1) is 17.9 Å². The van der Waals surface area contributed by atoms with E-state index in [0.29, 0.717) is 17.4 Å². The van der Waals surface area contributed by atoms with E-state index in [1.807, 2.05) is 32.0 Å². The predicted molar refractivity (Wildman–Crippen MR) is 91.6 cm³/mol. The lowest BCUT2D eigenvalue weighted by Crippen LogP contribution is -2.00. The monoisotopic (exact) mass is 329 g/mol. The van der Waals surface area contributed by atoms with Gasteiger partial charge in [-0.25, -0.2) is 4.79 Å². The number of fused-ring (bicyclic) bond motifs is 1. The molecule has 4 nitrogen and oxygen atoms in total. The number of aromatic amines is 1. The lowest BCUT2D eigenvalue weighted by molar-refractivity contribution is 0.0696. The normalized spacial score (nSPS) is 10.9. The van der Waals surface area contributed by atoms with E-state index in [2.05, 4.69) is 4.98 Å². The summed E-state index contributed by atoms with van der Waals surface area (Å²) in [5, 5.41) is 10.9. The molecule has 2 aromatic carbocycles. The first kappa shape index (κ1) is 15.4. The van der Waals surface area contributed by atoms with Crippen LogP contribution < -0.4 is 4.74 Å². The van der Waals surface area contributed by atoms with Crippen LogP contribution >= 0.6 is 11.6 Å². The Morgan fingerprint density at radius 2 is 2.04 bits per heavy atom. The summed E-state index contributed by atoms with van der Waals surface area (Å²) in [5.41, 5.74) is 3.83. The fraction of sp³-hybridized carbons (Fsp3) is 0.167. The van der Waals surface area contributed by atoms with Gasteiger partial charge in [-0.1, -0.05) is 11.6 Å². The molecule has 0 unspecified atom stereocenters. The zero-order valence-electron chi connectivity index (χ0n) is 12.8. The Labute approximate surface area is 138 Å². The fourth-order valence-corrected chi connectivity index (χ4v) is 2.73. The Morgan fingerprint density at radius 3 is 2.74 bits per heavy atom. The SMILES string of the molecule is CCOc1cc(C(=O)O)ccc1-c1cc2cc(C)c(Cl)cc2[nH]1. The highest BCUT2D eigenvalue weighted by atomic mass is 35.5. The van der Waals surface area contributed by atoms with Gasteiger partial charge in [-0.2, -0.15) is 0 Å². The number of carbonyl (C=O) groups is 1. The van der Waals surface area contributed by atoms with Crippen molar-refractivity contribution in [1.82, 2.24) is 4.98 Å². The third-order valence-electron chi connectivity index (χ3n) is 3.72. The summed E-state index contributed by atoms with van der Waals surface area (Å²) in [6, 6.07) is 10.8. The molecule has 0 bridgehead atoms. The van der Waals surface area contributed by atoms with Crippen molar-refractivity contribution in [2.45, 2.75) is 13.8 Å². The Balaban J connectivity index is 2.15. The Hall–Kier alpha value is -2.46. The molecule has 1 aromatic heterocycles. The van der Waals surface area contributed by atoms with Crippen molar-refractivity contribution in [2.24, 2.45) is 0 Å². The first-order valence-electron chi connectivity index (χ1n) is 7.29. The number of benzene rings is 2. The van der Waals surface area contributed by atoms with Crippen molar-refractivity contribution in [3.8, 4) is 17.0 Å². The van der Waals surface area contributed by atoms with Crippen LogP contribution in [0.4, 0.5) is 0 Å². The zero-order chi connectivity index (χ0) is 16.6. The van der Waals surface area contributed by atoms with Crippen molar-refractivity contribution >= 4 is 28.5 Å². The maximum atomic E-state index is 11.1. The van der Waals surface area contributed by atoms with Crippen molar-refractivity contribution in [1.29, 1.82) is 0 Å². The van der Waals surface area contributed by atoms with Gasteiger partial charge in [0, 0.05) is 21.5 Å². The number of nitrogens with one attached hydrogen (secondary N) is 1. The molecule has 0 amide bonds. The minimum Gasteiger partial charge on any atom is -0.493 e. The van der Waals surface area contributed by atoms with Crippen LogP contribution in [0.1, 0.15) is 22.8 Å². The Kier molecular flexibility index (Phi) is 4.01. The fourth-order valence-electron chi connectivity index (χ4n) is 2.57. The molecule has 3 aromatic rings. The molecular formula is C18H16ClNO3. The molecule has 0 aliphatic rings. The molecule has 118 valence electrons. The van der Waals surface area contributed by atoms with Crippen molar-refractivity contribution in [3.05, 3.63) is 52.5 Å². The highest BCUT2D eigenvalue weighted by Gasteiger charge is 2.13. The van der Waals surface area contributed by atoms with Gasteiger partial charge in [-0.05, 0) is 55.8 Å². The molecule has 1 heterocycles. The summed E-state index contributed by atoms with van der Waals surface area (Å²) in [7, 11) is 0. The maximum absolute atomic E-state index is 11.1. The van der Waals surface area contributed by atoms with Gasteiger partial charge in [-0.15, -0.1) is 0 Å². The number of halogens is 1. The minimum atomic E-state index is -0.975. The lowest BCUT2D eigenvalue weighted by Gasteiger charge is -2.10. The largest absolute Gasteiger partial charge is 0.493 e. The first-order chi connectivity index (χ1) is 11.0. The van der Waals surface area contributed by atoms with Crippen LogP contribution in [-0.4, -0.2) is 22.7 Å². The van der Waals surface area contributed by atoms with E-state index < -0.39 is 5.97 Å². The van der Waals surface area contributed by atoms with Crippen LogP contribution in [0.2, 0.25) is 5.02 Å². The third kappa shape index (κ3) is 2.90. The van der Waals surface area contributed by atoms with Gasteiger partial charge in [-0.3, -0.25) is 0 Å². The molecule has 0 spiro atoms. The molecule has 0 saturated carbocycles. The van der Waals surface area contributed by atoms with E-state index in [1.165, 1.54) is 0 Å². The van der Waals surface area contributed by atoms with E-state index >= 15 is 0 Å². The van der Waals surface area contributed by atoms with Crippen molar-refractivity contribution in [3.63, 3.8) is 0 Å². The topological polar surface area (TPSA) is 62.3 Å².